The molecule has 2 atom stereocenters. The number of carbonyl (C=O) groups excluding carboxylic acids is 2. The molecule has 1 fully saturated rings. The number of aryl methyl sites for hydroxylation is 1. The molecule has 3 aromatic rings. The molecule has 30 heavy (non-hydrogen) atoms. The molecule has 2 amide bonds. The fourth-order valence-electron chi connectivity index (χ4n) is 5.11. The van der Waals surface area contributed by atoms with Gasteiger partial charge in [-0.2, -0.15) is 0 Å². The maximum absolute atomic E-state index is 13.5. The standard InChI is InChI=1S/C25H27N3O2/c1-15(2)13-27-14-22(29)28-21(25(27)30)12-19-18-9-4-5-10-20(18)26-23(19)24(28)17-8-6-7-16(3)11-17/h4-11,15,21,24,26H,12-14H2,1-3H3/t21-,24+/m0/s1. The molecule has 0 unspecified atom stereocenters. The lowest BCUT2D eigenvalue weighted by molar-refractivity contribution is -0.159. The summed E-state index contributed by atoms with van der Waals surface area (Å²) in [6, 6.07) is 15.8. The second-order valence-electron chi connectivity index (χ2n) is 9.01. The van der Waals surface area contributed by atoms with Gasteiger partial charge >= 0.3 is 0 Å². The number of rotatable bonds is 3. The molecule has 0 aliphatic carbocycles. The molecule has 0 radical (unpaired) electrons. The van der Waals surface area contributed by atoms with Crippen LogP contribution in [0.2, 0.25) is 0 Å². The SMILES string of the molecule is Cc1cccc([C@@H]2c3[nH]c4ccccc4c3C[C@H]3C(=O)N(CC(C)C)CC(=O)N23)c1. The maximum atomic E-state index is 13.5. The molecule has 0 saturated carbocycles. The van der Waals surface area contributed by atoms with E-state index in [1.165, 1.54) is 0 Å². The molecule has 5 heteroatoms. The molecule has 3 heterocycles. The van der Waals surface area contributed by atoms with Gasteiger partial charge in [-0.25, -0.2) is 0 Å². The smallest absolute Gasteiger partial charge is 0.246 e. The highest BCUT2D eigenvalue weighted by atomic mass is 16.2. The van der Waals surface area contributed by atoms with Crippen molar-refractivity contribution in [3.8, 4) is 0 Å². The van der Waals surface area contributed by atoms with Gasteiger partial charge in [-0.1, -0.05) is 61.9 Å². The Balaban J connectivity index is 1.69. The number of H-pyrrole nitrogens is 1. The van der Waals surface area contributed by atoms with E-state index in [4.69, 9.17) is 0 Å². The molecular weight excluding hydrogens is 374 g/mol. The number of nitrogens with zero attached hydrogens (tertiary/aromatic N) is 2. The lowest BCUT2D eigenvalue weighted by Crippen LogP contribution is -2.63. The number of amides is 2. The number of aromatic amines is 1. The average Bonchev–Trinajstić information content (AvgIpc) is 3.08. The maximum Gasteiger partial charge on any atom is 0.246 e. The lowest BCUT2D eigenvalue weighted by atomic mass is 9.85. The molecule has 154 valence electrons. The largest absolute Gasteiger partial charge is 0.356 e. The molecule has 5 nitrogen and oxygen atoms in total. The van der Waals surface area contributed by atoms with Gasteiger partial charge in [0, 0.05) is 29.6 Å². The Kier molecular flexibility index (Phi) is 4.42. The zero-order valence-corrected chi connectivity index (χ0v) is 17.7. The Bertz CT molecular complexity index is 1150. The fourth-order valence-corrected chi connectivity index (χ4v) is 5.11. The van der Waals surface area contributed by atoms with E-state index in [9.17, 15) is 9.59 Å². The highest BCUT2D eigenvalue weighted by Crippen LogP contribution is 2.42. The highest BCUT2D eigenvalue weighted by Gasteiger charge is 2.48. The quantitative estimate of drug-likeness (QED) is 0.725. The Hall–Kier alpha value is -3.08. The summed E-state index contributed by atoms with van der Waals surface area (Å²) in [5.41, 5.74) is 5.44. The van der Waals surface area contributed by atoms with E-state index in [1.54, 1.807) is 4.90 Å². The molecular formula is C25H27N3O2. The van der Waals surface area contributed by atoms with Gasteiger partial charge in [0.1, 0.15) is 6.04 Å². The summed E-state index contributed by atoms with van der Waals surface area (Å²) < 4.78 is 0. The zero-order chi connectivity index (χ0) is 21.0. The third-order valence-corrected chi connectivity index (χ3v) is 6.29. The Morgan fingerprint density at radius 3 is 2.67 bits per heavy atom. The van der Waals surface area contributed by atoms with Crippen LogP contribution in [0.25, 0.3) is 10.9 Å². The van der Waals surface area contributed by atoms with E-state index < -0.39 is 6.04 Å². The monoisotopic (exact) mass is 401 g/mol. The lowest BCUT2D eigenvalue weighted by Gasteiger charge is -2.47. The topological polar surface area (TPSA) is 56.4 Å². The molecule has 0 spiro atoms. The van der Waals surface area contributed by atoms with Crippen molar-refractivity contribution in [3.63, 3.8) is 0 Å². The number of para-hydroxylation sites is 1. The molecule has 1 saturated heterocycles. The molecule has 1 aromatic heterocycles. The van der Waals surface area contributed by atoms with Gasteiger partial charge in [0.25, 0.3) is 0 Å². The second-order valence-corrected chi connectivity index (χ2v) is 9.01. The number of nitrogens with one attached hydrogen (secondary N) is 1. The van der Waals surface area contributed by atoms with Crippen molar-refractivity contribution in [2.45, 2.75) is 39.3 Å². The average molecular weight is 402 g/mol. The van der Waals surface area contributed by atoms with Gasteiger partial charge in [-0.05, 0) is 30.0 Å². The van der Waals surface area contributed by atoms with Crippen molar-refractivity contribution in [2.75, 3.05) is 13.1 Å². The minimum Gasteiger partial charge on any atom is -0.356 e. The minimum absolute atomic E-state index is 0.0241. The summed E-state index contributed by atoms with van der Waals surface area (Å²) in [4.78, 5) is 34.0. The molecule has 2 aliphatic rings. The Morgan fingerprint density at radius 2 is 1.90 bits per heavy atom. The van der Waals surface area contributed by atoms with Crippen molar-refractivity contribution < 1.29 is 9.59 Å². The number of fused-ring (bicyclic) bond motifs is 4. The summed E-state index contributed by atoms with van der Waals surface area (Å²) in [6.07, 6.45) is 0.556. The number of hydrogen-bond donors (Lipinski definition) is 1. The second kappa shape index (κ2) is 7.01. The number of piperazine rings is 1. The van der Waals surface area contributed by atoms with Crippen molar-refractivity contribution >= 4 is 22.7 Å². The Morgan fingerprint density at radius 1 is 1.10 bits per heavy atom. The van der Waals surface area contributed by atoms with Gasteiger partial charge in [-0.3, -0.25) is 9.59 Å². The van der Waals surface area contributed by atoms with E-state index in [0.29, 0.717) is 18.9 Å². The first-order valence-corrected chi connectivity index (χ1v) is 10.7. The van der Waals surface area contributed by atoms with Crippen LogP contribution in [0.3, 0.4) is 0 Å². The van der Waals surface area contributed by atoms with Gasteiger partial charge in [-0.15, -0.1) is 0 Å². The van der Waals surface area contributed by atoms with E-state index in [-0.39, 0.29) is 24.4 Å². The zero-order valence-electron chi connectivity index (χ0n) is 17.7. The van der Waals surface area contributed by atoms with Crippen LogP contribution in [-0.2, 0) is 16.0 Å². The molecule has 5 rings (SSSR count). The molecule has 2 aliphatic heterocycles. The first-order valence-electron chi connectivity index (χ1n) is 10.7. The van der Waals surface area contributed by atoms with Crippen LogP contribution in [0, 0.1) is 12.8 Å². The first-order chi connectivity index (χ1) is 14.4. The van der Waals surface area contributed by atoms with Gasteiger partial charge < -0.3 is 14.8 Å². The number of aromatic nitrogens is 1. The number of benzene rings is 2. The first kappa shape index (κ1) is 18.9. The van der Waals surface area contributed by atoms with E-state index in [2.05, 4.69) is 56.1 Å². The summed E-state index contributed by atoms with van der Waals surface area (Å²) in [6.45, 7) is 7.00. The van der Waals surface area contributed by atoms with E-state index >= 15 is 0 Å². The summed E-state index contributed by atoms with van der Waals surface area (Å²) in [7, 11) is 0. The van der Waals surface area contributed by atoms with Crippen molar-refractivity contribution in [1.29, 1.82) is 0 Å². The van der Waals surface area contributed by atoms with Crippen LogP contribution in [0.1, 0.15) is 42.3 Å². The Labute approximate surface area is 176 Å². The summed E-state index contributed by atoms with van der Waals surface area (Å²) >= 11 is 0. The van der Waals surface area contributed by atoms with Gasteiger partial charge in [0.15, 0.2) is 0 Å². The third-order valence-electron chi connectivity index (χ3n) is 6.29. The van der Waals surface area contributed by atoms with Crippen molar-refractivity contribution in [3.05, 3.63) is 70.9 Å². The van der Waals surface area contributed by atoms with E-state index in [1.807, 2.05) is 23.1 Å². The van der Waals surface area contributed by atoms with Crippen LogP contribution in [0.5, 0.6) is 0 Å². The number of hydrogen-bond acceptors (Lipinski definition) is 2. The van der Waals surface area contributed by atoms with Gasteiger partial charge in [0.05, 0.1) is 12.6 Å². The predicted molar refractivity (Wildman–Crippen MR) is 117 cm³/mol. The predicted octanol–water partition coefficient (Wildman–Crippen LogP) is 3.82. The van der Waals surface area contributed by atoms with Crippen LogP contribution < -0.4 is 0 Å². The third kappa shape index (κ3) is 2.92. The van der Waals surface area contributed by atoms with Crippen molar-refractivity contribution in [2.24, 2.45) is 5.92 Å². The van der Waals surface area contributed by atoms with E-state index in [0.717, 1.165) is 33.3 Å². The summed E-state index contributed by atoms with van der Waals surface area (Å²) in [5.74, 6) is 0.418. The van der Waals surface area contributed by atoms with Crippen LogP contribution in [0.15, 0.2) is 48.5 Å². The fraction of sp³-hybridized carbons (Fsp3) is 0.360. The van der Waals surface area contributed by atoms with Crippen LogP contribution in [-0.4, -0.2) is 45.7 Å². The van der Waals surface area contributed by atoms with Crippen LogP contribution >= 0.6 is 0 Å². The summed E-state index contributed by atoms with van der Waals surface area (Å²) in [5, 5.41) is 1.14. The van der Waals surface area contributed by atoms with Gasteiger partial charge in [0.2, 0.25) is 11.8 Å². The van der Waals surface area contributed by atoms with Crippen molar-refractivity contribution in [1.82, 2.24) is 14.8 Å². The molecule has 0 bridgehead atoms. The normalized spacial score (nSPS) is 21.3. The molecule has 1 N–H and O–H groups in total. The van der Waals surface area contributed by atoms with Crippen LogP contribution in [0.4, 0.5) is 0 Å². The number of carbonyl (C=O) groups is 2. The highest BCUT2D eigenvalue weighted by molar-refractivity contribution is 5.97. The minimum atomic E-state index is -0.456. The molecule has 2 aromatic carbocycles.